The number of rotatable bonds is 6. The molecule has 2 N–H and O–H groups in total. The Balaban J connectivity index is 1.51. The highest BCUT2D eigenvalue weighted by atomic mass is 19.1. The predicted octanol–water partition coefficient (Wildman–Crippen LogP) is 4.33. The number of hydrogen-bond donors (Lipinski definition) is 2. The largest absolute Gasteiger partial charge is 0.387 e. The lowest BCUT2D eigenvalue weighted by Gasteiger charge is -2.30. The van der Waals surface area contributed by atoms with E-state index >= 15 is 0 Å². The van der Waals surface area contributed by atoms with E-state index in [0.29, 0.717) is 6.54 Å². The number of anilines is 1. The predicted molar refractivity (Wildman–Crippen MR) is 111 cm³/mol. The highest BCUT2D eigenvalue weighted by Gasteiger charge is 2.18. The van der Waals surface area contributed by atoms with Crippen molar-refractivity contribution in [1.29, 1.82) is 0 Å². The van der Waals surface area contributed by atoms with Crippen LogP contribution in [0.5, 0.6) is 0 Å². The van der Waals surface area contributed by atoms with Crippen LogP contribution < -0.4 is 10.2 Å². The Bertz CT molecular complexity index is 989. The highest BCUT2D eigenvalue weighted by Crippen LogP contribution is 2.26. The monoisotopic (exact) mass is 397 g/mol. The molecule has 3 aromatic rings. The third kappa shape index (κ3) is 4.54. The minimum atomic E-state index is -1.05. The topological polar surface area (TPSA) is 48.4 Å². The summed E-state index contributed by atoms with van der Waals surface area (Å²) in [5.41, 5.74) is 2.11. The molecule has 2 heterocycles. The zero-order chi connectivity index (χ0) is 20.2. The summed E-state index contributed by atoms with van der Waals surface area (Å²) in [6, 6.07) is 13.4. The van der Waals surface area contributed by atoms with E-state index in [0.717, 1.165) is 60.3 Å². The molecule has 1 fully saturated rings. The summed E-state index contributed by atoms with van der Waals surface area (Å²) >= 11 is 0. The van der Waals surface area contributed by atoms with Gasteiger partial charge in [0.1, 0.15) is 17.5 Å². The van der Waals surface area contributed by atoms with Crippen molar-refractivity contribution in [2.75, 3.05) is 24.5 Å². The Morgan fingerprint density at radius 3 is 2.62 bits per heavy atom. The number of aliphatic hydroxyl groups is 1. The lowest BCUT2D eigenvalue weighted by molar-refractivity contribution is 0.169. The van der Waals surface area contributed by atoms with Gasteiger partial charge in [-0.15, -0.1) is 0 Å². The molecule has 6 heteroatoms. The molecule has 4 rings (SSSR count). The first-order valence-corrected chi connectivity index (χ1v) is 10.1. The molecule has 1 unspecified atom stereocenters. The third-order valence-corrected chi connectivity index (χ3v) is 5.41. The molecule has 0 bridgehead atoms. The van der Waals surface area contributed by atoms with Gasteiger partial charge in [-0.25, -0.2) is 13.8 Å². The normalized spacial score (nSPS) is 15.6. The summed E-state index contributed by atoms with van der Waals surface area (Å²) in [7, 11) is 0. The number of fused-ring (bicyclic) bond motifs is 1. The average molecular weight is 397 g/mol. The zero-order valence-corrected chi connectivity index (χ0v) is 16.2. The van der Waals surface area contributed by atoms with E-state index in [1.807, 2.05) is 24.3 Å². The van der Waals surface area contributed by atoms with Crippen LogP contribution in [-0.4, -0.2) is 29.7 Å². The Kier molecular flexibility index (Phi) is 6.02. The van der Waals surface area contributed by atoms with Crippen LogP contribution in [0, 0.1) is 11.6 Å². The van der Waals surface area contributed by atoms with Gasteiger partial charge < -0.3 is 15.3 Å². The molecule has 1 aliphatic rings. The van der Waals surface area contributed by atoms with E-state index < -0.39 is 17.7 Å². The molecule has 4 nitrogen and oxygen atoms in total. The third-order valence-electron chi connectivity index (χ3n) is 5.41. The van der Waals surface area contributed by atoms with Crippen molar-refractivity contribution in [2.45, 2.75) is 31.9 Å². The molecule has 1 atom stereocenters. The number of para-hydroxylation sites is 1. The Morgan fingerprint density at radius 2 is 1.83 bits per heavy atom. The van der Waals surface area contributed by atoms with Gasteiger partial charge in [-0.3, -0.25) is 0 Å². The van der Waals surface area contributed by atoms with Gasteiger partial charge in [0.15, 0.2) is 0 Å². The second-order valence-electron chi connectivity index (χ2n) is 7.52. The summed E-state index contributed by atoms with van der Waals surface area (Å²) in [4.78, 5) is 7.22. The van der Waals surface area contributed by atoms with Crippen LogP contribution in [0.2, 0.25) is 0 Å². The molecule has 29 heavy (non-hydrogen) atoms. The maximum Gasteiger partial charge on any atom is 0.133 e. The molecule has 1 saturated heterocycles. The lowest BCUT2D eigenvalue weighted by atomic mass is 10.1. The fourth-order valence-electron chi connectivity index (χ4n) is 3.88. The molecular formula is C23H25F2N3O. The molecular weight excluding hydrogens is 372 g/mol. The van der Waals surface area contributed by atoms with Crippen LogP contribution in [0.3, 0.4) is 0 Å². The van der Waals surface area contributed by atoms with Gasteiger partial charge >= 0.3 is 0 Å². The summed E-state index contributed by atoms with van der Waals surface area (Å²) in [6.07, 6.45) is 2.50. The van der Waals surface area contributed by atoms with Gasteiger partial charge in [0.05, 0.1) is 11.6 Å². The number of aromatic nitrogens is 1. The minimum Gasteiger partial charge on any atom is -0.387 e. The van der Waals surface area contributed by atoms with Gasteiger partial charge in [-0.1, -0.05) is 24.3 Å². The van der Waals surface area contributed by atoms with E-state index in [4.69, 9.17) is 4.98 Å². The first-order valence-electron chi connectivity index (χ1n) is 10.1. The van der Waals surface area contributed by atoms with E-state index in [-0.39, 0.29) is 12.1 Å². The molecule has 152 valence electrons. The van der Waals surface area contributed by atoms with Crippen molar-refractivity contribution >= 4 is 16.7 Å². The fraction of sp³-hybridized carbons (Fsp3) is 0.348. The van der Waals surface area contributed by atoms with E-state index in [1.165, 1.54) is 12.5 Å². The fourth-order valence-corrected chi connectivity index (χ4v) is 3.88. The second kappa shape index (κ2) is 8.84. The Morgan fingerprint density at radius 1 is 1.03 bits per heavy atom. The summed E-state index contributed by atoms with van der Waals surface area (Å²) in [5, 5.41) is 14.6. The van der Waals surface area contributed by atoms with Crippen LogP contribution in [0.25, 0.3) is 10.9 Å². The SMILES string of the molecule is OC(CNCc1cc2ccccc2nc1N1CCCCC1)c1ccc(F)cc1F. The maximum absolute atomic E-state index is 13.9. The standard InChI is InChI=1S/C23H25F2N3O/c24-18-8-9-19(20(25)13-18)22(29)15-26-14-17-12-16-6-2-3-7-21(16)27-23(17)28-10-4-1-5-11-28/h2-3,6-9,12-13,22,26,29H,1,4-5,10-11,14-15H2. The molecule has 0 spiro atoms. The number of halogens is 2. The van der Waals surface area contributed by atoms with E-state index in [1.54, 1.807) is 0 Å². The number of piperidine rings is 1. The van der Waals surface area contributed by atoms with Gasteiger partial charge in [0.2, 0.25) is 0 Å². The summed E-state index contributed by atoms with van der Waals surface area (Å²) in [6.45, 7) is 2.64. The molecule has 0 aliphatic carbocycles. The quantitative estimate of drug-likeness (QED) is 0.650. The highest BCUT2D eigenvalue weighted by molar-refractivity contribution is 5.81. The molecule has 0 saturated carbocycles. The molecule has 2 aromatic carbocycles. The van der Waals surface area contributed by atoms with Gasteiger partial charge in [-0.05, 0) is 37.5 Å². The molecule has 1 aromatic heterocycles. The van der Waals surface area contributed by atoms with Crippen LogP contribution in [0.1, 0.15) is 36.5 Å². The lowest BCUT2D eigenvalue weighted by Crippen LogP contribution is -2.32. The van der Waals surface area contributed by atoms with E-state index in [2.05, 4.69) is 16.3 Å². The van der Waals surface area contributed by atoms with Crippen LogP contribution >= 0.6 is 0 Å². The van der Waals surface area contributed by atoms with Crippen molar-refractivity contribution in [3.05, 3.63) is 71.3 Å². The maximum atomic E-state index is 13.9. The minimum absolute atomic E-state index is 0.0896. The van der Waals surface area contributed by atoms with Crippen LogP contribution in [-0.2, 0) is 6.54 Å². The molecule has 1 aliphatic heterocycles. The van der Waals surface area contributed by atoms with Crippen molar-refractivity contribution in [1.82, 2.24) is 10.3 Å². The second-order valence-corrected chi connectivity index (χ2v) is 7.52. The van der Waals surface area contributed by atoms with Crippen LogP contribution in [0.4, 0.5) is 14.6 Å². The average Bonchev–Trinajstić information content (AvgIpc) is 2.73. The number of aliphatic hydroxyl groups excluding tert-OH is 1. The summed E-state index contributed by atoms with van der Waals surface area (Å²) in [5.74, 6) is -0.418. The van der Waals surface area contributed by atoms with Crippen LogP contribution in [0.15, 0.2) is 48.5 Å². The first-order chi connectivity index (χ1) is 14.1. The number of nitrogens with zero attached hydrogens (tertiary/aromatic N) is 2. The van der Waals surface area contributed by atoms with Gasteiger partial charge in [0, 0.05) is 48.8 Å². The number of nitrogens with one attached hydrogen (secondary N) is 1. The van der Waals surface area contributed by atoms with Crippen molar-refractivity contribution in [2.24, 2.45) is 0 Å². The van der Waals surface area contributed by atoms with Crippen molar-refractivity contribution < 1.29 is 13.9 Å². The van der Waals surface area contributed by atoms with Gasteiger partial charge in [-0.2, -0.15) is 0 Å². The molecule has 0 amide bonds. The van der Waals surface area contributed by atoms with Crippen molar-refractivity contribution in [3.8, 4) is 0 Å². The van der Waals surface area contributed by atoms with Gasteiger partial charge in [0.25, 0.3) is 0 Å². The Hall–Kier alpha value is -2.57. The van der Waals surface area contributed by atoms with Crippen molar-refractivity contribution in [3.63, 3.8) is 0 Å². The smallest absolute Gasteiger partial charge is 0.133 e. The zero-order valence-electron chi connectivity index (χ0n) is 16.2. The molecule has 0 radical (unpaired) electrons. The summed E-state index contributed by atoms with van der Waals surface area (Å²) < 4.78 is 27.0. The van der Waals surface area contributed by atoms with E-state index in [9.17, 15) is 13.9 Å². The Labute approximate surface area is 169 Å². The number of pyridine rings is 1. The number of hydrogen-bond acceptors (Lipinski definition) is 4. The first kappa shape index (κ1) is 19.7. The number of benzene rings is 2.